The van der Waals surface area contributed by atoms with E-state index in [1.165, 1.54) is 17.2 Å². The molecule has 11 heteroatoms. The van der Waals surface area contributed by atoms with Crippen molar-refractivity contribution in [3.63, 3.8) is 0 Å². The van der Waals surface area contributed by atoms with Crippen molar-refractivity contribution in [2.24, 2.45) is 0 Å². The molecule has 172 valence electrons. The topological polar surface area (TPSA) is 74.8 Å². The van der Waals surface area contributed by atoms with Crippen LogP contribution in [-0.4, -0.2) is 54.7 Å². The summed E-state index contributed by atoms with van der Waals surface area (Å²) in [5, 5.41) is 2.08. The van der Waals surface area contributed by atoms with Crippen LogP contribution in [0.2, 0.25) is 5.02 Å². The van der Waals surface area contributed by atoms with E-state index < -0.39 is 28.8 Å². The molecular formula is C21H22ClF3N4O3. The first-order valence-electron chi connectivity index (χ1n) is 10.00. The molecule has 0 bridgehead atoms. The molecule has 1 aliphatic rings. The Hall–Kier alpha value is -3.01. The lowest BCUT2D eigenvalue weighted by Crippen LogP contribution is -2.38. The SMILES string of the molecule is CCOC(=O)c1ccc(N2CCCN(C(=O)Nc3ccc(Cl)c(C(F)(F)F)c3)CC2)nc1. The van der Waals surface area contributed by atoms with Crippen LogP contribution in [0.5, 0.6) is 0 Å². The van der Waals surface area contributed by atoms with Crippen LogP contribution in [0.3, 0.4) is 0 Å². The van der Waals surface area contributed by atoms with Crippen LogP contribution >= 0.6 is 11.6 Å². The number of esters is 1. The summed E-state index contributed by atoms with van der Waals surface area (Å²) >= 11 is 5.62. The largest absolute Gasteiger partial charge is 0.462 e. The number of carbonyl (C=O) groups excluding carboxylic acids is 2. The van der Waals surface area contributed by atoms with Gasteiger partial charge in [0.25, 0.3) is 0 Å². The summed E-state index contributed by atoms with van der Waals surface area (Å²) in [5.41, 5.74) is -0.631. The highest BCUT2D eigenvalue weighted by Crippen LogP contribution is 2.36. The monoisotopic (exact) mass is 470 g/mol. The fraction of sp³-hybridized carbons (Fsp3) is 0.381. The van der Waals surface area contributed by atoms with Gasteiger partial charge >= 0.3 is 18.2 Å². The van der Waals surface area contributed by atoms with Gasteiger partial charge in [0.2, 0.25) is 0 Å². The fourth-order valence-electron chi connectivity index (χ4n) is 3.28. The summed E-state index contributed by atoms with van der Waals surface area (Å²) in [6, 6.07) is 6.11. The summed E-state index contributed by atoms with van der Waals surface area (Å²) in [5.74, 6) is 0.217. The Balaban J connectivity index is 1.61. The minimum Gasteiger partial charge on any atom is -0.462 e. The average molecular weight is 471 g/mol. The molecule has 3 rings (SSSR count). The van der Waals surface area contributed by atoms with Gasteiger partial charge in [-0.25, -0.2) is 14.6 Å². The van der Waals surface area contributed by atoms with Gasteiger partial charge in [-0.15, -0.1) is 0 Å². The van der Waals surface area contributed by atoms with E-state index in [1.807, 2.05) is 4.90 Å². The maximum atomic E-state index is 13.0. The first-order valence-corrected chi connectivity index (χ1v) is 10.4. The number of nitrogens with one attached hydrogen (secondary N) is 1. The van der Waals surface area contributed by atoms with E-state index in [2.05, 4.69) is 10.3 Å². The van der Waals surface area contributed by atoms with Gasteiger partial charge < -0.3 is 19.9 Å². The Morgan fingerprint density at radius 1 is 1.16 bits per heavy atom. The maximum absolute atomic E-state index is 13.0. The number of halogens is 4. The van der Waals surface area contributed by atoms with Gasteiger partial charge in [0.05, 0.1) is 22.8 Å². The summed E-state index contributed by atoms with van der Waals surface area (Å²) in [6.07, 6.45) is -2.53. The van der Waals surface area contributed by atoms with Crippen molar-refractivity contribution in [3.05, 3.63) is 52.7 Å². The number of benzene rings is 1. The zero-order valence-electron chi connectivity index (χ0n) is 17.3. The van der Waals surface area contributed by atoms with Crippen LogP contribution < -0.4 is 10.2 Å². The highest BCUT2D eigenvalue weighted by atomic mass is 35.5. The lowest BCUT2D eigenvalue weighted by atomic mass is 10.2. The molecule has 0 radical (unpaired) electrons. The minimum atomic E-state index is -4.61. The smallest absolute Gasteiger partial charge is 0.417 e. The molecule has 0 spiro atoms. The number of hydrogen-bond acceptors (Lipinski definition) is 5. The molecule has 1 aromatic carbocycles. The van der Waals surface area contributed by atoms with E-state index in [4.69, 9.17) is 16.3 Å². The molecule has 32 heavy (non-hydrogen) atoms. The van der Waals surface area contributed by atoms with Crippen molar-refractivity contribution in [1.29, 1.82) is 0 Å². The number of anilines is 2. The molecule has 7 nitrogen and oxygen atoms in total. The standard InChI is InChI=1S/C21H22ClF3N4O3/c1-2-32-19(30)14-4-7-18(26-13-14)28-8-3-9-29(11-10-28)20(31)27-15-5-6-17(22)16(12-15)21(23,24)25/h4-7,12-13H,2-3,8-11H2,1H3,(H,27,31). The quantitative estimate of drug-likeness (QED) is 0.657. The zero-order chi connectivity index (χ0) is 23.3. The summed E-state index contributed by atoms with van der Waals surface area (Å²) in [6.45, 7) is 3.90. The van der Waals surface area contributed by atoms with E-state index >= 15 is 0 Å². The normalized spacial score (nSPS) is 14.7. The molecule has 0 saturated carbocycles. The Morgan fingerprint density at radius 3 is 2.59 bits per heavy atom. The number of urea groups is 1. The maximum Gasteiger partial charge on any atom is 0.417 e. The molecule has 0 unspecified atom stereocenters. The summed E-state index contributed by atoms with van der Waals surface area (Å²) in [4.78, 5) is 32.2. The van der Waals surface area contributed by atoms with Crippen molar-refractivity contribution in [2.75, 3.05) is 43.0 Å². The van der Waals surface area contributed by atoms with E-state index in [0.717, 1.165) is 12.1 Å². The minimum absolute atomic E-state index is 0.0176. The molecule has 1 N–H and O–H groups in total. The molecular weight excluding hydrogens is 449 g/mol. The van der Waals surface area contributed by atoms with Crippen LogP contribution in [0.4, 0.5) is 29.5 Å². The Morgan fingerprint density at radius 2 is 1.94 bits per heavy atom. The van der Waals surface area contributed by atoms with Gasteiger partial charge in [0.15, 0.2) is 0 Å². The Bertz CT molecular complexity index is 970. The number of aromatic nitrogens is 1. The predicted molar refractivity (Wildman–Crippen MR) is 114 cm³/mol. The number of alkyl halides is 3. The second kappa shape index (κ2) is 10.1. The highest BCUT2D eigenvalue weighted by Gasteiger charge is 2.33. The molecule has 0 aliphatic carbocycles. The third-order valence-electron chi connectivity index (χ3n) is 4.89. The van der Waals surface area contributed by atoms with Gasteiger partial charge in [-0.05, 0) is 43.7 Å². The van der Waals surface area contributed by atoms with Crippen LogP contribution in [-0.2, 0) is 10.9 Å². The first kappa shape index (κ1) is 23.6. The van der Waals surface area contributed by atoms with E-state index in [0.29, 0.717) is 44.0 Å². The van der Waals surface area contributed by atoms with Gasteiger partial charge in [-0.2, -0.15) is 13.2 Å². The molecule has 1 saturated heterocycles. The molecule has 2 aromatic rings. The van der Waals surface area contributed by atoms with E-state index in [-0.39, 0.29) is 12.3 Å². The fourth-order valence-corrected chi connectivity index (χ4v) is 3.51. The predicted octanol–water partition coefficient (Wildman–Crippen LogP) is 4.67. The third-order valence-corrected chi connectivity index (χ3v) is 5.22. The molecule has 1 aliphatic heterocycles. The van der Waals surface area contributed by atoms with Crippen LogP contribution in [0.25, 0.3) is 0 Å². The van der Waals surface area contributed by atoms with Crippen LogP contribution in [0.15, 0.2) is 36.5 Å². The lowest BCUT2D eigenvalue weighted by Gasteiger charge is -2.23. The summed E-state index contributed by atoms with van der Waals surface area (Å²) < 4.78 is 44.1. The van der Waals surface area contributed by atoms with Crippen molar-refractivity contribution in [1.82, 2.24) is 9.88 Å². The number of pyridine rings is 1. The number of nitrogens with zero attached hydrogens (tertiary/aromatic N) is 3. The number of amides is 2. The zero-order valence-corrected chi connectivity index (χ0v) is 18.0. The van der Waals surface area contributed by atoms with Crippen molar-refractivity contribution < 1.29 is 27.5 Å². The number of hydrogen-bond donors (Lipinski definition) is 1. The first-order chi connectivity index (χ1) is 15.2. The number of rotatable bonds is 4. The Labute approximate surface area is 188 Å². The van der Waals surface area contributed by atoms with Crippen molar-refractivity contribution in [3.8, 4) is 0 Å². The van der Waals surface area contributed by atoms with Gasteiger partial charge in [0.1, 0.15) is 5.82 Å². The van der Waals surface area contributed by atoms with Crippen molar-refractivity contribution >= 4 is 35.1 Å². The van der Waals surface area contributed by atoms with Crippen molar-refractivity contribution in [2.45, 2.75) is 19.5 Å². The second-order valence-electron chi connectivity index (χ2n) is 7.08. The molecule has 0 atom stereocenters. The highest BCUT2D eigenvalue weighted by molar-refractivity contribution is 6.31. The van der Waals surface area contributed by atoms with E-state index in [1.54, 1.807) is 19.1 Å². The van der Waals surface area contributed by atoms with Gasteiger partial charge in [0, 0.05) is 38.1 Å². The van der Waals surface area contributed by atoms with Gasteiger partial charge in [-0.1, -0.05) is 11.6 Å². The average Bonchev–Trinajstić information content (AvgIpc) is 3.01. The molecule has 2 amide bonds. The van der Waals surface area contributed by atoms with Gasteiger partial charge in [-0.3, -0.25) is 0 Å². The lowest BCUT2D eigenvalue weighted by molar-refractivity contribution is -0.137. The number of carbonyl (C=O) groups is 2. The van der Waals surface area contributed by atoms with E-state index in [9.17, 15) is 22.8 Å². The molecule has 2 heterocycles. The third kappa shape index (κ3) is 5.82. The summed E-state index contributed by atoms with van der Waals surface area (Å²) in [7, 11) is 0. The Kier molecular flexibility index (Phi) is 7.44. The molecule has 1 aromatic heterocycles. The van der Waals surface area contributed by atoms with Crippen LogP contribution in [0.1, 0.15) is 29.3 Å². The van der Waals surface area contributed by atoms with Crippen LogP contribution in [0, 0.1) is 0 Å². The second-order valence-corrected chi connectivity index (χ2v) is 7.48. The number of ether oxygens (including phenoxy) is 1. The molecule has 1 fully saturated rings.